The van der Waals surface area contributed by atoms with Crippen molar-refractivity contribution in [1.29, 1.82) is 0 Å². The summed E-state index contributed by atoms with van der Waals surface area (Å²) in [5.74, 6) is 1.25. The van der Waals surface area contributed by atoms with Gasteiger partial charge in [0.1, 0.15) is 17.3 Å². The molecule has 0 radical (unpaired) electrons. The van der Waals surface area contributed by atoms with E-state index in [0.717, 1.165) is 37.4 Å². The molecule has 0 N–H and O–H groups in total. The highest BCUT2D eigenvalue weighted by Crippen LogP contribution is 2.43. The van der Waals surface area contributed by atoms with Gasteiger partial charge >= 0.3 is 0 Å². The van der Waals surface area contributed by atoms with Crippen molar-refractivity contribution < 1.29 is 13.5 Å². The molecule has 0 saturated carbocycles. The van der Waals surface area contributed by atoms with Crippen LogP contribution < -0.4 is 4.74 Å². The van der Waals surface area contributed by atoms with Gasteiger partial charge in [-0.15, -0.1) is 0 Å². The average Bonchev–Trinajstić information content (AvgIpc) is 3.31. The van der Waals surface area contributed by atoms with Gasteiger partial charge in [0, 0.05) is 12.0 Å². The Balaban J connectivity index is 1.31. The first-order valence-electron chi connectivity index (χ1n) is 10.4. The van der Waals surface area contributed by atoms with Gasteiger partial charge in [0.25, 0.3) is 0 Å². The second-order valence-electron chi connectivity index (χ2n) is 8.22. The molecule has 1 saturated heterocycles. The molecule has 4 nitrogen and oxygen atoms in total. The van der Waals surface area contributed by atoms with Gasteiger partial charge in [-0.1, -0.05) is 36.4 Å². The van der Waals surface area contributed by atoms with Crippen LogP contribution in [-0.4, -0.2) is 30.1 Å². The summed E-state index contributed by atoms with van der Waals surface area (Å²) in [5.41, 5.74) is 4.17. The number of methoxy groups -OCH3 is 1. The number of piperidine rings is 1. The molecular weight excluding hydrogens is 379 g/mol. The maximum atomic E-state index is 14.3. The molecule has 0 amide bonds. The van der Waals surface area contributed by atoms with Crippen LogP contribution in [0, 0.1) is 12.7 Å². The molecule has 5 rings (SSSR count). The van der Waals surface area contributed by atoms with Crippen molar-refractivity contribution >= 4 is 6.08 Å². The van der Waals surface area contributed by atoms with Gasteiger partial charge in [0.05, 0.1) is 18.4 Å². The summed E-state index contributed by atoms with van der Waals surface area (Å²) in [6.07, 6.45) is 6.84. The normalized spacial score (nSPS) is 17.4. The molecule has 1 aromatic heterocycles. The molecule has 30 heavy (non-hydrogen) atoms. The van der Waals surface area contributed by atoms with Crippen molar-refractivity contribution in [3.63, 3.8) is 0 Å². The molecule has 154 valence electrons. The van der Waals surface area contributed by atoms with Gasteiger partial charge in [-0.3, -0.25) is 4.90 Å². The highest BCUT2D eigenvalue weighted by Gasteiger charge is 2.38. The van der Waals surface area contributed by atoms with Crippen LogP contribution in [0.1, 0.15) is 35.4 Å². The van der Waals surface area contributed by atoms with Gasteiger partial charge in [-0.25, -0.2) is 9.37 Å². The Hall–Kier alpha value is -2.92. The van der Waals surface area contributed by atoms with Gasteiger partial charge in [0.15, 0.2) is 0 Å². The van der Waals surface area contributed by atoms with E-state index in [-0.39, 0.29) is 11.2 Å². The number of aryl methyl sites for hydroxylation is 1. The minimum absolute atomic E-state index is 0.168. The summed E-state index contributed by atoms with van der Waals surface area (Å²) in [7, 11) is 1.56. The topological polar surface area (TPSA) is 38.5 Å². The molecule has 3 aromatic rings. The highest BCUT2D eigenvalue weighted by molar-refractivity contribution is 5.65. The lowest BCUT2D eigenvalue weighted by molar-refractivity contribution is 0.175. The minimum atomic E-state index is -0.366. The molecule has 2 aromatic carbocycles. The number of nitrogens with zero attached hydrogens (tertiary/aromatic N) is 2. The van der Waals surface area contributed by atoms with Crippen LogP contribution in [-0.2, 0) is 12.0 Å². The van der Waals surface area contributed by atoms with E-state index in [4.69, 9.17) is 9.15 Å². The van der Waals surface area contributed by atoms with Crippen molar-refractivity contribution in [1.82, 2.24) is 9.88 Å². The predicted octanol–water partition coefficient (Wildman–Crippen LogP) is 5.36. The molecule has 0 bridgehead atoms. The number of likely N-dealkylation sites (tertiary alicyclic amines) is 1. The standard InChI is InChI=1S/C25H25FN2O2/c1-17-23(27-24(30-17)20-15-19(29-2)7-8-22(20)26)16-28-13-11-25(12-14-28)10-9-18-5-3-4-6-21(18)25/h3-10,15H,11-14,16H2,1-2H3. The SMILES string of the molecule is COc1ccc(F)c(-c2nc(CN3CCC4(C=Cc5ccccc54)CC3)c(C)o2)c1. The first kappa shape index (κ1) is 19.1. The second kappa shape index (κ2) is 7.40. The van der Waals surface area contributed by atoms with Gasteiger partial charge in [-0.05, 0) is 62.2 Å². The maximum Gasteiger partial charge on any atom is 0.229 e. The molecule has 2 heterocycles. The van der Waals surface area contributed by atoms with Crippen molar-refractivity contribution in [2.24, 2.45) is 0 Å². The van der Waals surface area contributed by atoms with Gasteiger partial charge in [0.2, 0.25) is 5.89 Å². The van der Waals surface area contributed by atoms with Crippen LogP contribution in [0.15, 0.2) is 53.0 Å². The Morgan fingerprint density at radius 1 is 1.17 bits per heavy atom. The molecular formula is C25H25FN2O2. The van der Waals surface area contributed by atoms with E-state index in [1.807, 2.05) is 6.92 Å². The molecule has 2 aliphatic rings. The van der Waals surface area contributed by atoms with E-state index in [0.29, 0.717) is 23.7 Å². The first-order chi connectivity index (χ1) is 14.6. The number of ether oxygens (including phenoxy) is 1. The Morgan fingerprint density at radius 2 is 1.97 bits per heavy atom. The largest absolute Gasteiger partial charge is 0.497 e. The summed E-state index contributed by atoms with van der Waals surface area (Å²) in [6, 6.07) is 13.3. The lowest BCUT2D eigenvalue weighted by Crippen LogP contribution is -2.40. The van der Waals surface area contributed by atoms with Crippen LogP contribution in [0.4, 0.5) is 4.39 Å². The third-order valence-electron chi connectivity index (χ3n) is 6.50. The number of oxazole rings is 1. The third kappa shape index (κ3) is 3.23. The predicted molar refractivity (Wildman–Crippen MR) is 115 cm³/mol. The van der Waals surface area contributed by atoms with Crippen LogP contribution in [0.2, 0.25) is 0 Å². The zero-order chi connectivity index (χ0) is 20.7. The summed E-state index contributed by atoms with van der Waals surface area (Å²) in [4.78, 5) is 7.03. The second-order valence-corrected chi connectivity index (χ2v) is 8.22. The summed E-state index contributed by atoms with van der Waals surface area (Å²) >= 11 is 0. The molecule has 1 spiro atoms. The van der Waals surface area contributed by atoms with Crippen molar-refractivity contribution in [2.75, 3.05) is 20.2 Å². The number of hydrogen-bond acceptors (Lipinski definition) is 4. The van der Waals surface area contributed by atoms with Crippen LogP contribution in [0.3, 0.4) is 0 Å². The summed E-state index contributed by atoms with van der Waals surface area (Å²) in [6.45, 7) is 4.59. The third-order valence-corrected chi connectivity index (χ3v) is 6.50. The fourth-order valence-corrected chi connectivity index (χ4v) is 4.68. The number of halogens is 1. The van der Waals surface area contributed by atoms with Crippen molar-refractivity contribution in [3.05, 3.63) is 76.9 Å². The molecule has 0 atom stereocenters. The lowest BCUT2D eigenvalue weighted by atomic mass is 9.74. The maximum absolute atomic E-state index is 14.3. The Kier molecular flexibility index (Phi) is 4.70. The Labute approximate surface area is 176 Å². The van der Waals surface area contributed by atoms with E-state index in [2.05, 4.69) is 46.3 Å². The van der Waals surface area contributed by atoms with Crippen molar-refractivity contribution in [3.8, 4) is 17.2 Å². The Morgan fingerprint density at radius 3 is 2.77 bits per heavy atom. The zero-order valence-corrected chi connectivity index (χ0v) is 17.3. The van der Waals surface area contributed by atoms with Gasteiger partial charge in [-0.2, -0.15) is 0 Å². The summed E-state index contributed by atoms with van der Waals surface area (Å²) in [5, 5.41) is 0. The number of aromatic nitrogens is 1. The monoisotopic (exact) mass is 404 g/mol. The fourth-order valence-electron chi connectivity index (χ4n) is 4.68. The van der Waals surface area contributed by atoms with E-state index in [1.54, 1.807) is 19.2 Å². The zero-order valence-electron chi connectivity index (χ0n) is 17.3. The van der Waals surface area contributed by atoms with E-state index < -0.39 is 0 Å². The molecule has 5 heteroatoms. The van der Waals surface area contributed by atoms with Crippen LogP contribution in [0.5, 0.6) is 5.75 Å². The number of hydrogen-bond donors (Lipinski definition) is 0. The van der Waals surface area contributed by atoms with Crippen LogP contribution in [0.25, 0.3) is 17.5 Å². The molecule has 0 unspecified atom stereocenters. The van der Waals surface area contributed by atoms with Crippen molar-refractivity contribution in [2.45, 2.75) is 31.7 Å². The quantitative estimate of drug-likeness (QED) is 0.587. The highest BCUT2D eigenvalue weighted by atomic mass is 19.1. The summed E-state index contributed by atoms with van der Waals surface area (Å²) < 4.78 is 25.3. The minimum Gasteiger partial charge on any atom is -0.497 e. The number of fused-ring (bicyclic) bond motifs is 2. The molecule has 1 aliphatic heterocycles. The fraction of sp³-hybridized carbons (Fsp3) is 0.320. The molecule has 1 fully saturated rings. The smallest absolute Gasteiger partial charge is 0.229 e. The van der Waals surface area contributed by atoms with Gasteiger partial charge < -0.3 is 9.15 Å². The lowest BCUT2D eigenvalue weighted by Gasteiger charge is -2.39. The number of benzene rings is 2. The average molecular weight is 404 g/mol. The number of rotatable bonds is 4. The van der Waals surface area contributed by atoms with E-state index in [9.17, 15) is 4.39 Å². The van der Waals surface area contributed by atoms with E-state index in [1.165, 1.54) is 17.2 Å². The Bertz CT molecular complexity index is 1110. The first-order valence-corrected chi connectivity index (χ1v) is 10.4. The number of allylic oxidation sites excluding steroid dienone is 1. The van der Waals surface area contributed by atoms with E-state index >= 15 is 0 Å². The molecule has 1 aliphatic carbocycles. The van der Waals surface area contributed by atoms with Crippen LogP contribution >= 0.6 is 0 Å².